The van der Waals surface area contributed by atoms with Gasteiger partial charge in [0, 0.05) is 5.69 Å². The standard InChI is InChI=1S/C27H25FN2O3/c1-16(2)33-23-12-9-19(10-13-23)24-25(29-21-11-8-17(3)18(4)14-21)27(32)30(26(24)31)22-7-5-6-20(28)15-22/h5-16,29H,1-4H3. The quantitative estimate of drug-likeness (QED) is 0.501. The predicted molar refractivity (Wildman–Crippen MR) is 128 cm³/mol. The summed E-state index contributed by atoms with van der Waals surface area (Å²) in [5.41, 5.74) is 3.96. The van der Waals surface area contributed by atoms with Gasteiger partial charge in [0.15, 0.2) is 0 Å². The minimum absolute atomic E-state index is 0.00947. The first kappa shape index (κ1) is 22.3. The molecule has 0 atom stereocenters. The molecule has 0 aromatic heterocycles. The molecule has 2 amide bonds. The van der Waals surface area contributed by atoms with E-state index in [9.17, 15) is 14.0 Å². The van der Waals surface area contributed by atoms with Gasteiger partial charge in [-0.25, -0.2) is 9.29 Å². The van der Waals surface area contributed by atoms with Gasteiger partial charge in [-0.05, 0) is 86.8 Å². The van der Waals surface area contributed by atoms with Crippen molar-refractivity contribution in [1.29, 1.82) is 0 Å². The van der Waals surface area contributed by atoms with Gasteiger partial charge in [0.05, 0.1) is 17.4 Å². The third-order valence-corrected chi connectivity index (χ3v) is 5.44. The summed E-state index contributed by atoms with van der Waals surface area (Å²) in [6, 6.07) is 18.2. The highest BCUT2D eigenvalue weighted by Crippen LogP contribution is 2.35. The van der Waals surface area contributed by atoms with Gasteiger partial charge >= 0.3 is 0 Å². The van der Waals surface area contributed by atoms with Crippen LogP contribution in [0.4, 0.5) is 15.8 Å². The Labute approximate surface area is 192 Å². The molecule has 1 N–H and O–H groups in total. The molecule has 0 fully saturated rings. The molecular weight excluding hydrogens is 419 g/mol. The number of rotatable bonds is 6. The zero-order valence-corrected chi connectivity index (χ0v) is 19.0. The zero-order valence-electron chi connectivity index (χ0n) is 19.0. The Bertz CT molecular complexity index is 1260. The van der Waals surface area contributed by atoms with Gasteiger partial charge in [-0.15, -0.1) is 0 Å². The maximum atomic E-state index is 13.9. The van der Waals surface area contributed by atoms with Crippen LogP contribution in [-0.4, -0.2) is 17.9 Å². The molecule has 0 radical (unpaired) electrons. The smallest absolute Gasteiger partial charge is 0.282 e. The van der Waals surface area contributed by atoms with Crippen molar-refractivity contribution in [3.05, 3.63) is 94.9 Å². The topological polar surface area (TPSA) is 58.6 Å². The van der Waals surface area contributed by atoms with Crippen LogP contribution in [0.15, 0.2) is 72.4 Å². The summed E-state index contributed by atoms with van der Waals surface area (Å²) in [7, 11) is 0. The Balaban J connectivity index is 1.79. The van der Waals surface area contributed by atoms with Gasteiger partial charge in [-0.2, -0.15) is 0 Å². The largest absolute Gasteiger partial charge is 0.491 e. The van der Waals surface area contributed by atoms with E-state index >= 15 is 0 Å². The molecule has 168 valence electrons. The molecule has 0 spiro atoms. The highest BCUT2D eigenvalue weighted by atomic mass is 19.1. The highest BCUT2D eigenvalue weighted by Gasteiger charge is 2.40. The Hall–Kier alpha value is -3.93. The van der Waals surface area contributed by atoms with Gasteiger partial charge in [0.1, 0.15) is 17.3 Å². The van der Waals surface area contributed by atoms with Gasteiger partial charge in [-0.3, -0.25) is 9.59 Å². The Morgan fingerprint density at radius 1 is 0.879 bits per heavy atom. The third kappa shape index (κ3) is 4.51. The van der Waals surface area contributed by atoms with E-state index in [0.29, 0.717) is 17.0 Å². The van der Waals surface area contributed by atoms with Crippen LogP contribution in [0.2, 0.25) is 0 Å². The van der Waals surface area contributed by atoms with Crippen molar-refractivity contribution in [3.8, 4) is 5.75 Å². The molecule has 0 unspecified atom stereocenters. The SMILES string of the molecule is Cc1ccc(NC2=C(c3ccc(OC(C)C)cc3)C(=O)N(c3cccc(F)c3)C2=O)cc1C. The summed E-state index contributed by atoms with van der Waals surface area (Å²) >= 11 is 0. The number of amides is 2. The summed E-state index contributed by atoms with van der Waals surface area (Å²) in [6.45, 7) is 7.83. The summed E-state index contributed by atoms with van der Waals surface area (Å²) < 4.78 is 19.6. The second-order valence-electron chi connectivity index (χ2n) is 8.29. The van der Waals surface area contributed by atoms with E-state index in [0.717, 1.165) is 16.0 Å². The molecule has 0 saturated carbocycles. The second-order valence-corrected chi connectivity index (χ2v) is 8.29. The van der Waals surface area contributed by atoms with Crippen molar-refractivity contribution in [2.75, 3.05) is 10.2 Å². The average Bonchev–Trinajstić information content (AvgIpc) is 3.00. The van der Waals surface area contributed by atoms with Gasteiger partial charge in [0.25, 0.3) is 11.8 Å². The molecule has 6 heteroatoms. The summed E-state index contributed by atoms with van der Waals surface area (Å²) in [4.78, 5) is 27.9. The minimum Gasteiger partial charge on any atom is -0.491 e. The summed E-state index contributed by atoms with van der Waals surface area (Å²) in [6.07, 6.45) is 0.00947. The molecule has 1 aliphatic heterocycles. The Morgan fingerprint density at radius 2 is 1.61 bits per heavy atom. The van der Waals surface area contributed by atoms with E-state index in [1.54, 1.807) is 24.3 Å². The van der Waals surface area contributed by atoms with Crippen molar-refractivity contribution in [2.24, 2.45) is 0 Å². The zero-order chi connectivity index (χ0) is 23.7. The van der Waals surface area contributed by atoms with Crippen LogP contribution in [0.25, 0.3) is 5.57 Å². The van der Waals surface area contributed by atoms with Crippen molar-refractivity contribution < 1.29 is 18.7 Å². The number of anilines is 2. The van der Waals surface area contributed by atoms with Crippen molar-refractivity contribution in [3.63, 3.8) is 0 Å². The average molecular weight is 445 g/mol. The molecule has 0 saturated heterocycles. The number of carbonyl (C=O) groups excluding carboxylic acids is 2. The Morgan fingerprint density at radius 3 is 2.24 bits per heavy atom. The van der Waals surface area contributed by atoms with Crippen LogP contribution in [0, 0.1) is 19.7 Å². The maximum absolute atomic E-state index is 13.9. The van der Waals surface area contributed by atoms with E-state index in [1.165, 1.54) is 24.3 Å². The molecule has 5 nitrogen and oxygen atoms in total. The molecule has 3 aromatic carbocycles. The lowest BCUT2D eigenvalue weighted by Crippen LogP contribution is -2.32. The van der Waals surface area contributed by atoms with E-state index in [4.69, 9.17) is 4.74 Å². The number of carbonyl (C=O) groups is 2. The number of imide groups is 1. The van der Waals surface area contributed by atoms with Crippen LogP contribution in [0.3, 0.4) is 0 Å². The molecule has 4 rings (SSSR count). The molecule has 0 bridgehead atoms. The van der Waals surface area contributed by atoms with Crippen molar-refractivity contribution in [1.82, 2.24) is 0 Å². The van der Waals surface area contributed by atoms with Crippen LogP contribution >= 0.6 is 0 Å². The minimum atomic E-state index is -0.540. The number of ether oxygens (including phenoxy) is 1. The lowest BCUT2D eigenvalue weighted by atomic mass is 10.0. The molecule has 0 aliphatic carbocycles. The molecule has 1 aliphatic rings. The number of hydrogen-bond donors (Lipinski definition) is 1. The van der Waals surface area contributed by atoms with Gasteiger partial charge in [0.2, 0.25) is 0 Å². The maximum Gasteiger partial charge on any atom is 0.282 e. The number of nitrogens with zero attached hydrogens (tertiary/aromatic N) is 1. The van der Waals surface area contributed by atoms with Crippen LogP contribution in [0.1, 0.15) is 30.5 Å². The van der Waals surface area contributed by atoms with Crippen molar-refractivity contribution >= 4 is 28.8 Å². The first-order valence-corrected chi connectivity index (χ1v) is 10.7. The molecular formula is C27H25FN2O3. The monoisotopic (exact) mass is 444 g/mol. The Kier molecular flexibility index (Phi) is 6.01. The van der Waals surface area contributed by atoms with Crippen LogP contribution < -0.4 is 15.0 Å². The first-order chi connectivity index (χ1) is 15.7. The van der Waals surface area contributed by atoms with Crippen LogP contribution in [-0.2, 0) is 9.59 Å². The van der Waals surface area contributed by atoms with E-state index in [-0.39, 0.29) is 23.1 Å². The molecule has 33 heavy (non-hydrogen) atoms. The molecule has 1 heterocycles. The van der Waals surface area contributed by atoms with Gasteiger partial charge < -0.3 is 10.1 Å². The fourth-order valence-corrected chi connectivity index (χ4v) is 3.70. The van der Waals surface area contributed by atoms with E-state index in [2.05, 4.69) is 5.32 Å². The predicted octanol–water partition coefficient (Wildman–Crippen LogP) is 5.63. The fourth-order valence-electron chi connectivity index (χ4n) is 3.70. The lowest BCUT2D eigenvalue weighted by molar-refractivity contribution is -0.120. The van der Waals surface area contributed by atoms with E-state index in [1.807, 2.05) is 45.9 Å². The normalized spacial score (nSPS) is 13.8. The summed E-state index contributed by atoms with van der Waals surface area (Å²) in [5, 5.41) is 3.14. The summed E-state index contributed by atoms with van der Waals surface area (Å²) in [5.74, 6) is -0.923. The first-order valence-electron chi connectivity index (χ1n) is 10.7. The third-order valence-electron chi connectivity index (χ3n) is 5.44. The number of halogens is 1. The molecule has 3 aromatic rings. The van der Waals surface area contributed by atoms with E-state index < -0.39 is 17.6 Å². The lowest BCUT2D eigenvalue weighted by Gasteiger charge is -2.15. The van der Waals surface area contributed by atoms with Gasteiger partial charge in [-0.1, -0.05) is 24.3 Å². The van der Waals surface area contributed by atoms with Crippen LogP contribution in [0.5, 0.6) is 5.75 Å². The highest BCUT2D eigenvalue weighted by molar-refractivity contribution is 6.46. The van der Waals surface area contributed by atoms with Crippen molar-refractivity contribution in [2.45, 2.75) is 33.8 Å². The number of aryl methyl sites for hydroxylation is 2. The number of nitrogens with one attached hydrogen (secondary N) is 1. The second kappa shape index (κ2) is 8.90. The number of hydrogen-bond acceptors (Lipinski definition) is 4. The fraction of sp³-hybridized carbons (Fsp3) is 0.185. The number of benzene rings is 3.